The first-order valence-corrected chi connectivity index (χ1v) is 3.92. The number of hydrogen-bond acceptors (Lipinski definition) is 4. The van der Waals surface area contributed by atoms with E-state index in [0.717, 1.165) is 0 Å². The molecule has 1 rings (SSSR count). The van der Waals surface area contributed by atoms with Crippen LogP contribution in [-0.4, -0.2) is 22.2 Å². The summed E-state index contributed by atoms with van der Waals surface area (Å²) in [7, 11) is 0. The Morgan fingerprint density at radius 2 is 2.00 bits per heavy atom. The quantitative estimate of drug-likeness (QED) is 0.470. The molecule has 0 aromatic heterocycles. The molecule has 1 aliphatic heterocycles. The highest BCUT2D eigenvalue weighted by molar-refractivity contribution is 6.68. The lowest BCUT2D eigenvalue weighted by Crippen LogP contribution is -2.34. The van der Waals surface area contributed by atoms with Gasteiger partial charge in [0.15, 0.2) is 0 Å². The Labute approximate surface area is 82.9 Å². The van der Waals surface area contributed by atoms with E-state index in [4.69, 9.17) is 40.1 Å². The molecule has 0 aromatic carbocycles. The van der Waals surface area contributed by atoms with Gasteiger partial charge in [0.1, 0.15) is 6.07 Å². The van der Waals surface area contributed by atoms with Crippen LogP contribution in [0.3, 0.4) is 0 Å². The van der Waals surface area contributed by atoms with Crippen molar-refractivity contribution in [2.24, 2.45) is 0 Å². The van der Waals surface area contributed by atoms with Gasteiger partial charge in [0.25, 0.3) is 0 Å². The minimum Gasteiger partial charge on any atom is -0.421 e. The number of carbonyl (C=O) groups excluding carboxylic acids is 1. The van der Waals surface area contributed by atoms with E-state index in [-0.39, 0.29) is 0 Å². The Balaban J connectivity index is 2.79. The smallest absolute Gasteiger partial charge is 0.421 e. The van der Waals surface area contributed by atoms with Crippen LogP contribution in [0.15, 0.2) is 0 Å². The van der Waals surface area contributed by atoms with E-state index in [0.29, 0.717) is 0 Å². The third-order valence-electron chi connectivity index (χ3n) is 1.17. The van der Waals surface area contributed by atoms with E-state index in [9.17, 15) is 4.79 Å². The van der Waals surface area contributed by atoms with E-state index >= 15 is 0 Å². The molecule has 2 atom stereocenters. The van der Waals surface area contributed by atoms with E-state index in [1.165, 1.54) is 0 Å². The standard InChI is InChI=1S/C5H2Cl3NO3/c6-5(7,8)3-2(1-9)11-4(10)12-3/h2-3H/t2-,3+/m0/s1. The molecular formula is C5H2Cl3NO3. The summed E-state index contributed by atoms with van der Waals surface area (Å²) < 4.78 is 6.98. The van der Waals surface area contributed by atoms with Crippen molar-refractivity contribution in [2.45, 2.75) is 16.0 Å². The van der Waals surface area contributed by atoms with Gasteiger partial charge in [0.2, 0.25) is 16.0 Å². The Morgan fingerprint density at radius 3 is 2.33 bits per heavy atom. The molecule has 66 valence electrons. The van der Waals surface area contributed by atoms with Crippen LogP contribution in [0.25, 0.3) is 0 Å². The summed E-state index contributed by atoms with van der Waals surface area (Å²) in [5.41, 5.74) is 0. The molecule has 0 unspecified atom stereocenters. The fraction of sp³-hybridized carbons (Fsp3) is 0.600. The highest BCUT2D eigenvalue weighted by atomic mass is 35.6. The minimum atomic E-state index is -1.84. The van der Waals surface area contributed by atoms with Gasteiger partial charge in [0.05, 0.1) is 0 Å². The fourth-order valence-corrected chi connectivity index (χ4v) is 1.17. The molecule has 0 aliphatic carbocycles. The van der Waals surface area contributed by atoms with Crippen molar-refractivity contribution in [3.63, 3.8) is 0 Å². The molecule has 0 radical (unpaired) electrons. The van der Waals surface area contributed by atoms with Crippen LogP contribution < -0.4 is 0 Å². The predicted molar refractivity (Wildman–Crippen MR) is 41.0 cm³/mol. The molecule has 0 bridgehead atoms. The molecule has 0 spiro atoms. The first kappa shape index (κ1) is 9.72. The number of nitrogens with zero attached hydrogens (tertiary/aromatic N) is 1. The van der Waals surface area contributed by atoms with Crippen molar-refractivity contribution in [3.8, 4) is 6.07 Å². The topological polar surface area (TPSA) is 59.3 Å². The van der Waals surface area contributed by atoms with Crippen LogP contribution in [-0.2, 0) is 9.47 Å². The number of hydrogen-bond donors (Lipinski definition) is 0. The highest BCUT2D eigenvalue weighted by Crippen LogP contribution is 2.37. The summed E-state index contributed by atoms with van der Waals surface area (Å²) in [5.74, 6) is 0. The molecular weight excluding hydrogens is 228 g/mol. The molecule has 0 aromatic rings. The normalized spacial score (nSPS) is 29.0. The zero-order chi connectivity index (χ0) is 9.35. The number of carbonyl (C=O) groups is 1. The number of cyclic esters (lactones) is 2. The van der Waals surface area contributed by atoms with Gasteiger partial charge in [-0.1, -0.05) is 34.8 Å². The van der Waals surface area contributed by atoms with Gasteiger partial charge in [-0.3, -0.25) is 0 Å². The third kappa shape index (κ3) is 1.86. The molecule has 12 heavy (non-hydrogen) atoms. The molecule has 1 fully saturated rings. The van der Waals surface area contributed by atoms with Crippen molar-refractivity contribution >= 4 is 41.0 Å². The van der Waals surface area contributed by atoms with Gasteiger partial charge >= 0.3 is 6.16 Å². The predicted octanol–water partition coefficient (Wildman–Crippen LogP) is 1.78. The zero-order valence-corrected chi connectivity index (χ0v) is 7.73. The van der Waals surface area contributed by atoms with Gasteiger partial charge in [0, 0.05) is 0 Å². The lowest BCUT2D eigenvalue weighted by atomic mass is 10.2. The maximum atomic E-state index is 10.5. The second kappa shape index (κ2) is 3.17. The molecule has 7 heteroatoms. The lowest BCUT2D eigenvalue weighted by molar-refractivity contribution is 0.118. The summed E-state index contributed by atoms with van der Waals surface area (Å²) in [6.07, 6.45) is -3.33. The summed E-state index contributed by atoms with van der Waals surface area (Å²) in [6, 6.07) is 1.63. The molecule has 1 heterocycles. The molecule has 0 amide bonds. The number of ether oxygens (including phenoxy) is 2. The monoisotopic (exact) mass is 229 g/mol. The molecule has 4 nitrogen and oxygen atoms in total. The van der Waals surface area contributed by atoms with Gasteiger partial charge in [-0.05, 0) is 0 Å². The van der Waals surface area contributed by atoms with Gasteiger partial charge < -0.3 is 9.47 Å². The first-order chi connectivity index (χ1) is 5.45. The van der Waals surface area contributed by atoms with E-state index in [1.54, 1.807) is 6.07 Å². The first-order valence-electron chi connectivity index (χ1n) is 2.79. The summed E-state index contributed by atoms with van der Waals surface area (Å²) in [4.78, 5) is 10.5. The van der Waals surface area contributed by atoms with Crippen LogP contribution in [0.2, 0.25) is 0 Å². The second-order valence-electron chi connectivity index (χ2n) is 2.00. The van der Waals surface area contributed by atoms with Crippen molar-refractivity contribution in [3.05, 3.63) is 0 Å². The largest absolute Gasteiger partial charge is 0.510 e. The van der Waals surface area contributed by atoms with Gasteiger partial charge in [-0.25, -0.2) is 4.79 Å². The molecule has 0 N–H and O–H groups in total. The Morgan fingerprint density at radius 1 is 1.42 bits per heavy atom. The summed E-state index contributed by atoms with van der Waals surface area (Å²) in [5, 5.41) is 8.43. The van der Waals surface area contributed by atoms with E-state index < -0.39 is 22.2 Å². The Kier molecular flexibility index (Phi) is 2.57. The van der Waals surface area contributed by atoms with Crippen LogP contribution in [0.1, 0.15) is 0 Å². The van der Waals surface area contributed by atoms with E-state index in [2.05, 4.69) is 9.47 Å². The zero-order valence-electron chi connectivity index (χ0n) is 5.46. The fourth-order valence-electron chi connectivity index (χ4n) is 0.691. The van der Waals surface area contributed by atoms with Gasteiger partial charge in [-0.2, -0.15) is 5.26 Å². The molecule has 0 saturated carbocycles. The minimum absolute atomic E-state index is 1.00. The third-order valence-corrected chi connectivity index (χ3v) is 1.82. The number of alkyl halides is 3. The van der Waals surface area contributed by atoms with Crippen molar-refractivity contribution in [1.29, 1.82) is 5.26 Å². The number of halogens is 3. The van der Waals surface area contributed by atoms with E-state index in [1.807, 2.05) is 0 Å². The van der Waals surface area contributed by atoms with Crippen molar-refractivity contribution in [1.82, 2.24) is 0 Å². The van der Waals surface area contributed by atoms with Crippen molar-refractivity contribution < 1.29 is 14.3 Å². The SMILES string of the molecule is N#C[C@@H]1OC(=O)O[C@H]1C(Cl)(Cl)Cl. The Bertz CT molecular complexity index is 243. The summed E-state index contributed by atoms with van der Waals surface area (Å²) >= 11 is 16.2. The van der Waals surface area contributed by atoms with Crippen LogP contribution in [0.4, 0.5) is 4.79 Å². The molecule has 1 aliphatic rings. The summed E-state index contributed by atoms with van der Waals surface area (Å²) in [6.45, 7) is 0. The number of nitriles is 1. The second-order valence-corrected chi connectivity index (χ2v) is 4.37. The van der Waals surface area contributed by atoms with Crippen molar-refractivity contribution in [2.75, 3.05) is 0 Å². The maximum Gasteiger partial charge on any atom is 0.510 e. The lowest BCUT2D eigenvalue weighted by Gasteiger charge is -2.17. The van der Waals surface area contributed by atoms with Crippen LogP contribution >= 0.6 is 34.8 Å². The maximum absolute atomic E-state index is 10.5. The average molecular weight is 230 g/mol. The highest BCUT2D eigenvalue weighted by Gasteiger charge is 2.49. The average Bonchev–Trinajstić information content (AvgIpc) is 2.29. The van der Waals surface area contributed by atoms with Gasteiger partial charge in [-0.15, -0.1) is 0 Å². The number of rotatable bonds is 0. The Hall–Kier alpha value is -0.370. The van der Waals surface area contributed by atoms with Crippen LogP contribution in [0, 0.1) is 11.3 Å². The molecule has 1 saturated heterocycles. The van der Waals surface area contributed by atoms with Crippen LogP contribution in [0.5, 0.6) is 0 Å².